The molecule has 3 N–H and O–H groups in total. The highest BCUT2D eigenvalue weighted by atomic mass is 31.2. The molecule has 4 unspecified atom stereocenters. The van der Waals surface area contributed by atoms with E-state index in [2.05, 4.69) is 55.4 Å². The first-order chi connectivity index (χ1) is 47.2. The number of hydrogen-bond acceptors (Lipinski definition) is 15. The molecule has 0 heterocycles. The Morgan fingerprint density at radius 2 is 0.490 bits per heavy atom. The molecule has 0 saturated heterocycles. The molecule has 0 aliphatic rings. The van der Waals surface area contributed by atoms with Crippen LogP contribution in [-0.2, 0) is 65.4 Å². The van der Waals surface area contributed by atoms with Gasteiger partial charge in [-0.2, -0.15) is 0 Å². The van der Waals surface area contributed by atoms with Crippen molar-refractivity contribution in [2.45, 2.75) is 420 Å². The van der Waals surface area contributed by atoms with E-state index < -0.39 is 97.5 Å². The first kappa shape index (κ1) is 96.1. The molecule has 0 saturated carbocycles. The van der Waals surface area contributed by atoms with Gasteiger partial charge in [0, 0.05) is 25.7 Å². The Kier molecular flexibility index (Phi) is 66.8. The highest BCUT2D eigenvalue weighted by Crippen LogP contribution is 2.45. The standard InChI is InChI=1S/C79H154O17P2/c1-9-71(7)57-49-41-33-29-30-36-46-54-62-79(84)96-74(65-89-76(81)59-51-43-34-27-23-20-19-22-26-32-40-48-56-70(5)6)67-93-97(85,86)91-63-73(80)64-92-98(87,88)94-68-75(66-90-77(82)60-52-44-38-37-42-50-58-72(8)10-2)95-78(83)61-53-45-35-28-24-18-16-14-12-11-13-15-17-21-25-31-39-47-55-69(3)4/h69-75,80H,9-68H2,1-8H3,(H,85,86)(H,87,88)/t71?,72?,73-,74-,75-/m1/s1. The monoisotopic (exact) mass is 1440 g/mol. The summed E-state index contributed by atoms with van der Waals surface area (Å²) in [6.07, 6.45) is 54.2. The van der Waals surface area contributed by atoms with Gasteiger partial charge >= 0.3 is 39.5 Å². The predicted molar refractivity (Wildman–Crippen MR) is 400 cm³/mol. The van der Waals surface area contributed by atoms with Crippen LogP contribution in [0.1, 0.15) is 402 Å². The lowest BCUT2D eigenvalue weighted by atomic mass is 9.99. The topological polar surface area (TPSA) is 237 Å². The molecule has 0 fully saturated rings. The molecule has 0 bridgehead atoms. The number of phosphoric ester groups is 2. The average molecular weight is 1440 g/mol. The van der Waals surface area contributed by atoms with E-state index in [0.29, 0.717) is 25.7 Å². The average Bonchev–Trinajstić information content (AvgIpc) is 1.02. The highest BCUT2D eigenvalue weighted by molar-refractivity contribution is 7.47. The van der Waals surface area contributed by atoms with Gasteiger partial charge in [-0.15, -0.1) is 0 Å². The van der Waals surface area contributed by atoms with Gasteiger partial charge < -0.3 is 33.8 Å². The van der Waals surface area contributed by atoms with Gasteiger partial charge in [0.1, 0.15) is 19.3 Å². The summed E-state index contributed by atoms with van der Waals surface area (Å²) in [5.41, 5.74) is 0. The third-order valence-corrected chi connectivity index (χ3v) is 20.9. The SMILES string of the molecule is CCC(C)CCCCCCCCCCC(=O)O[C@H](COC(=O)CCCCCCCCCCCCCCC(C)C)COP(=O)(O)OC[C@@H](O)COP(=O)(O)OC[C@@H](COC(=O)CCCCCCCCC(C)CC)OC(=O)CCCCCCCCCCCCCCCCCCCCC(C)C. The fourth-order valence-electron chi connectivity index (χ4n) is 12.0. The molecule has 17 nitrogen and oxygen atoms in total. The molecule has 0 spiro atoms. The summed E-state index contributed by atoms with van der Waals surface area (Å²) in [6.45, 7) is 14.2. The largest absolute Gasteiger partial charge is 0.472 e. The van der Waals surface area contributed by atoms with Crippen LogP contribution < -0.4 is 0 Å². The molecule has 0 aromatic rings. The predicted octanol–water partition coefficient (Wildman–Crippen LogP) is 23.2. The summed E-state index contributed by atoms with van der Waals surface area (Å²) in [4.78, 5) is 72.9. The lowest BCUT2D eigenvalue weighted by Crippen LogP contribution is -2.30. The van der Waals surface area contributed by atoms with Crippen LogP contribution in [-0.4, -0.2) is 96.7 Å². The number of ether oxygens (including phenoxy) is 4. The first-order valence-electron chi connectivity index (χ1n) is 40.8. The van der Waals surface area contributed by atoms with E-state index in [0.717, 1.165) is 120 Å². The number of carbonyl (C=O) groups is 4. The van der Waals surface area contributed by atoms with E-state index in [1.165, 1.54) is 199 Å². The van der Waals surface area contributed by atoms with Crippen molar-refractivity contribution in [2.24, 2.45) is 23.7 Å². The van der Waals surface area contributed by atoms with Crippen LogP contribution in [0.15, 0.2) is 0 Å². The fraction of sp³-hybridized carbons (Fsp3) is 0.949. The molecule has 0 aliphatic carbocycles. The minimum atomic E-state index is -4.96. The van der Waals surface area contributed by atoms with E-state index in [4.69, 9.17) is 37.0 Å². The van der Waals surface area contributed by atoms with Gasteiger partial charge in [-0.1, -0.05) is 351 Å². The van der Waals surface area contributed by atoms with Crippen molar-refractivity contribution in [3.05, 3.63) is 0 Å². The Morgan fingerprint density at radius 3 is 0.724 bits per heavy atom. The van der Waals surface area contributed by atoms with Gasteiger partial charge in [-0.05, 0) is 49.4 Å². The zero-order chi connectivity index (χ0) is 72.4. The van der Waals surface area contributed by atoms with Gasteiger partial charge in [-0.25, -0.2) is 9.13 Å². The van der Waals surface area contributed by atoms with Crippen molar-refractivity contribution in [2.75, 3.05) is 39.6 Å². The van der Waals surface area contributed by atoms with Gasteiger partial charge in [0.2, 0.25) is 0 Å². The quantitative estimate of drug-likeness (QED) is 0.0222. The lowest BCUT2D eigenvalue weighted by Gasteiger charge is -2.21. The van der Waals surface area contributed by atoms with Crippen molar-refractivity contribution in [3.63, 3.8) is 0 Å². The van der Waals surface area contributed by atoms with E-state index in [-0.39, 0.29) is 25.7 Å². The van der Waals surface area contributed by atoms with Crippen molar-refractivity contribution < 1.29 is 80.2 Å². The number of carbonyl (C=O) groups excluding carboxylic acids is 4. The third-order valence-electron chi connectivity index (χ3n) is 19.0. The molecule has 7 atom stereocenters. The normalized spacial score (nSPS) is 14.6. The number of aliphatic hydroxyl groups is 1. The summed E-state index contributed by atoms with van der Waals surface area (Å²) >= 11 is 0. The Bertz CT molecular complexity index is 1920. The summed E-state index contributed by atoms with van der Waals surface area (Å²) in [5, 5.41) is 10.6. The highest BCUT2D eigenvalue weighted by Gasteiger charge is 2.30. The molecule has 0 aromatic heterocycles. The van der Waals surface area contributed by atoms with Crippen LogP contribution in [0.5, 0.6) is 0 Å². The molecule has 98 heavy (non-hydrogen) atoms. The molecule has 0 amide bonds. The van der Waals surface area contributed by atoms with E-state index >= 15 is 0 Å². The molecule has 0 rings (SSSR count). The van der Waals surface area contributed by atoms with Crippen LogP contribution in [0.2, 0.25) is 0 Å². The Balaban J connectivity index is 5.20. The maximum atomic E-state index is 13.1. The smallest absolute Gasteiger partial charge is 0.462 e. The second kappa shape index (κ2) is 68.2. The van der Waals surface area contributed by atoms with E-state index in [1.807, 2.05) is 0 Å². The second-order valence-electron chi connectivity index (χ2n) is 29.9. The number of hydrogen-bond donors (Lipinski definition) is 3. The number of rotatable bonds is 76. The molecule has 0 aromatic carbocycles. The number of esters is 4. The summed E-state index contributed by atoms with van der Waals surface area (Å²) in [7, 11) is -9.92. The van der Waals surface area contributed by atoms with Gasteiger partial charge in [0.15, 0.2) is 12.2 Å². The number of phosphoric acid groups is 2. The maximum Gasteiger partial charge on any atom is 0.472 e. The summed E-state index contributed by atoms with van der Waals surface area (Å²) in [6, 6.07) is 0. The minimum absolute atomic E-state index is 0.105. The van der Waals surface area contributed by atoms with Crippen molar-refractivity contribution in [1.82, 2.24) is 0 Å². The lowest BCUT2D eigenvalue weighted by molar-refractivity contribution is -0.161. The van der Waals surface area contributed by atoms with Crippen LogP contribution in [0, 0.1) is 23.7 Å². The van der Waals surface area contributed by atoms with Crippen LogP contribution in [0.3, 0.4) is 0 Å². The minimum Gasteiger partial charge on any atom is -0.462 e. The summed E-state index contributed by atoms with van der Waals surface area (Å²) < 4.78 is 68.6. The van der Waals surface area contributed by atoms with Crippen molar-refractivity contribution in [1.29, 1.82) is 0 Å². The molecule has 0 radical (unpaired) electrons. The van der Waals surface area contributed by atoms with Crippen LogP contribution in [0.4, 0.5) is 0 Å². The molecule has 0 aliphatic heterocycles. The maximum absolute atomic E-state index is 13.1. The Labute approximate surface area is 600 Å². The summed E-state index contributed by atoms with van der Waals surface area (Å²) in [5.74, 6) is 0.983. The van der Waals surface area contributed by atoms with Gasteiger partial charge in [0.05, 0.1) is 26.4 Å². The van der Waals surface area contributed by atoms with Crippen LogP contribution >= 0.6 is 15.6 Å². The zero-order valence-corrected chi connectivity index (χ0v) is 66.2. The molecule has 582 valence electrons. The molecular formula is C79H154O17P2. The number of unbranched alkanes of at least 4 members (excludes halogenated alkanes) is 40. The van der Waals surface area contributed by atoms with Crippen molar-refractivity contribution >= 4 is 39.5 Å². The number of aliphatic hydroxyl groups excluding tert-OH is 1. The second-order valence-corrected chi connectivity index (χ2v) is 32.8. The fourth-order valence-corrected chi connectivity index (χ4v) is 13.6. The molecular weight excluding hydrogens is 1280 g/mol. The molecule has 19 heteroatoms. The van der Waals surface area contributed by atoms with E-state index in [1.54, 1.807) is 0 Å². The Hall–Kier alpha value is -1.94. The van der Waals surface area contributed by atoms with Crippen molar-refractivity contribution in [3.8, 4) is 0 Å². The Morgan fingerprint density at radius 1 is 0.286 bits per heavy atom. The van der Waals surface area contributed by atoms with Gasteiger partial charge in [0.25, 0.3) is 0 Å². The zero-order valence-electron chi connectivity index (χ0n) is 64.4. The van der Waals surface area contributed by atoms with E-state index in [9.17, 15) is 43.2 Å². The third kappa shape index (κ3) is 69.8. The van der Waals surface area contributed by atoms with Crippen LogP contribution in [0.25, 0.3) is 0 Å². The van der Waals surface area contributed by atoms with Gasteiger partial charge in [-0.3, -0.25) is 37.3 Å². The first-order valence-corrected chi connectivity index (χ1v) is 43.8.